The van der Waals surface area contributed by atoms with E-state index in [0.29, 0.717) is 18.2 Å². The number of carbonyl (C=O) groups is 1. The van der Waals surface area contributed by atoms with E-state index in [2.05, 4.69) is 19.2 Å². The van der Waals surface area contributed by atoms with Gasteiger partial charge < -0.3 is 10.4 Å². The van der Waals surface area contributed by atoms with Gasteiger partial charge in [0.25, 0.3) is 0 Å². The molecule has 0 heterocycles. The third-order valence-electron chi connectivity index (χ3n) is 4.30. The maximum absolute atomic E-state index is 11.3. The highest BCUT2D eigenvalue weighted by Crippen LogP contribution is 2.51. The number of aromatic carboxylic acids is 1. The lowest BCUT2D eigenvalue weighted by Gasteiger charge is -2.21. The first kappa shape index (κ1) is 15.8. The Bertz CT molecular complexity index is 664. The van der Waals surface area contributed by atoms with E-state index in [1.165, 1.54) is 12.1 Å². The summed E-state index contributed by atoms with van der Waals surface area (Å²) in [5.41, 5.74) is 0.553. The van der Waals surface area contributed by atoms with E-state index in [0.717, 1.165) is 18.9 Å². The molecule has 1 aliphatic rings. The summed E-state index contributed by atoms with van der Waals surface area (Å²) in [5.74, 6) is -0.667. The van der Waals surface area contributed by atoms with Crippen LogP contribution in [0, 0.1) is 11.3 Å². The molecule has 0 unspecified atom stereocenters. The second-order valence-corrected chi connectivity index (χ2v) is 7.49. The lowest BCUT2D eigenvalue weighted by molar-refractivity contribution is 0.0697. The molecule has 0 amide bonds. The van der Waals surface area contributed by atoms with Gasteiger partial charge in [0, 0.05) is 12.2 Å². The smallest absolute Gasteiger partial charge is 0.337 e. The number of carboxylic acid groups (broad SMARTS) is 1. The topological polar surface area (TPSA) is 109 Å². The largest absolute Gasteiger partial charge is 0.478 e. The van der Waals surface area contributed by atoms with E-state index >= 15 is 0 Å². The Morgan fingerprint density at radius 1 is 1.43 bits per heavy atom. The van der Waals surface area contributed by atoms with Crippen LogP contribution in [0.25, 0.3) is 0 Å². The van der Waals surface area contributed by atoms with Crippen LogP contribution in [0.5, 0.6) is 0 Å². The molecule has 0 aromatic heterocycles. The second kappa shape index (κ2) is 5.31. The average molecular weight is 312 g/mol. The molecule has 2 rings (SSSR count). The zero-order valence-electron chi connectivity index (χ0n) is 12.1. The normalized spacial score (nSPS) is 16.8. The summed E-state index contributed by atoms with van der Waals surface area (Å²) in [4.78, 5) is 11.1. The number of carboxylic acids is 1. The van der Waals surface area contributed by atoms with Crippen molar-refractivity contribution >= 4 is 21.7 Å². The number of anilines is 1. The molecular weight excluding hydrogens is 292 g/mol. The van der Waals surface area contributed by atoms with E-state index in [1.54, 1.807) is 0 Å². The monoisotopic (exact) mass is 312 g/mol. The van der Waals surface area contributed by atoms with Crippen molar-refractivity contribution in [1.29, 1.82) is 0 Å². The van der Waals surface area contributed by atoms with Gasteiger partial charge in [-0.05, 0) is 42.4 Å². The Kier molecular flexibility index (Phi) is 3.99. The summed E-state index contributed by atoms with van der Waals surface area (Å²) in [5, 5.41) is 17.4. The number of nitrogens with one attached hydrogen (secondary N) is 1. The molecule has 116 valence electrons. The molecule has 4 N–H and O–H groups in total. The number of sulfonamides is 1. The Morgan fingerprint density at radius 2 is 2.05 bits per heavy atom. The van der Waals surface area contributed by atoms with Gasteiger partial charge in [-0.3, -0.25) is 0 Å². The highest BCUT2D eigenvalue weighted by Gasteiger charge is 2.45. The molecule has 7 heteroatoms. The molecule has 1 aromatic carbocycles. The van der Waals surface area contributed by atoms with E-state index < -0.39 is 16.0 Å². The number of benzene rings is 1. The van der Waals surface area contributed by atoms with Crippen LogP contribution >= 0.6 is 0 Å². The lowest BCUT2D eigenvalue weighted by atomic mass is 9.92. The van der Waals surface area contributed by atoms with Crippen molar-refractivity contribution in [1.82, 2.24) is 0 Å². The Labute approximate surface area is 124 Å². The first-order chi connectivity index (χ1) is 9.66. The van der Waals surface area contributed by atoms with Crippen molar-refractivity contribution in [3.63, 3.8) is 0 Å². The summed E-state index contributed by atoms with van der Waals surface area (Å²) in [7, 11) is -3.91. The van der Waals surface area contributed by atoms with Crippen molar-refractivity contribution in [2.45, 2.75) is 31.6 Å². The second-order valence-electron chi connectivity index (χ2n) is 5.93. The lowest BCUT2D eigenvalue weighted by Crippen LogP contribution is -2.22. The summed E-state index contributed by atoms with van der Waals surface area (Å²) < 4.78 is 22.6. The van der Waals surface area contributed by atoms with Gasteiger partial charge in [0.2, 0.25) is 10.0 Å². The molecular formula is C14H20N2O4S. The molecule has 0 atom stereocenters. The van der Waals surface area contributed by atoms with Gasteiger partial charge in [-0.1, -0.05) is 13.8 Å². The predicted molar refractivity (Wildman–Crippen MR) is 79.8 cm³/mol. The zero-order valence-corrected chi connectivity index (χ0v) is 12.9. The zero-order chi connectivity index (χ0) is 15.8. The van der Waals surface area contributed by atoms with Gasteiger partial charge >= 0.3 is 5.97 Å². The molecule has 1 saturated carbocycles. The fraction of sp³-hybridized carbons (Fsp3) is 0.500. The van der Waals surface area contributed by atoms with Gasteiger partial charge in [0.1, 0.15) is 0 Å². The Hall–Kier alpha value is -1.60. The summed E-state index contributed by atoms with van der Waals surface area (Å²) in [6.07, 6.45) is 2.24. The number of nitrogens with two attached hydrogens (primary N) is 1. The maximum atomic E-state index is 11.3. The minimum absolute atomic E-state index is 0.0823. The van der Waals surface area contributed by atoms with Crippen LogP contribution in [0.15, 0.2) is 23.1 Å². The number of primary sulfonamides is 1. The van der Waals surface area contributed by atoms with Gasteiger partial charge in [-0.15, -0.1) is 0 Å². The highest BCUT2D eigenvalue weighted by molar-refractivity contribution is 7.89. The summed E-state index contributed by atoms with van der Waals surface area (Å²) in [6.45, 7) is 4.98. The third kappa shape index (κ3) is 3.36. The number of rotatable bonds is 6. The summed E-state index contributed by atoms with van der Waals surface area (Å²) >= 11 is 0. The first-order valence-corrected chi connectivity index (χ1v) is 8.34. The van der Waals surface area contributed by atoms with Gasteiger partial charge in [0.15, 0.2) is 0 Å². The highest BCUT2D eigenvalue weighted by atomic mass is 32.2. The average Bonchev–Trinajstić information content (AvgIpc) is 3.16. The molecule has 0 aliphatic heterocycles. The Morgan fingerprint density at radius 3 is 2.48 bits per heavy atom. The molecule has 1 aliphatic carbocycles. The third-order valence-corrected chi connectivity index (χ3v) is 5.21. The van der Waals surface area contributed by atoms with Crippen LogP contribution in [0.1, 0.15) is 37.0 Å². The van der Waals surface area contributed by atoms with Crippen molar-refractivity contribution in [2.75, 3.05) is 11.9 Å². The van der Waals surface area contributed by atoms with Crippen LogP contribution in [0.3, 0.4) is 0 Å². The fourth-order valence-electron chi connectivity index (χ4n) is 2.42. The molecule has 0 spiro atoms. The van der Waals surface area contributed by atoms with Crippen LogP contribution in [0.4, 0.5) is 5.69 Å². The molecule has 1 aromatic rings. The maximum Gasteiger partial charge on any atom is 0.337 e. The Balaban J connectivity index is 2.26. The minimum Gasteiger partial charge on any atom is -0.478 e. The molecule has 21 heavy (non-hydrogen) atoms. The van der Waals surface area contributed by atoms with Gasteiger partial charge in [-0.25, -0.2) is 18.4 Å². The SMILES string of the molecule is CC(C)C1(CNc2ccc(S(N)(=O)=O)cc2C(=O)O)CC1. The predicted octanol–water partition coefficient (Wildman–Crippen LogP) is 1.88. The number of hydrogen-bond acceptors (Lipinski definition) is 4. The summed E-state index contributed by atoms with van der Waals surface area (Å²) in [6, 6.07) is 3.87. The van der Waals surface area contributed by atoms with E-state index in [-0.39, 0.29) is 15.9 Å². The quantitative estimate of drug-likeness (QED) is 0.743. The van der Waals surface area contributed by atoms with Crippen LogP contribution < -0.4 is 10.5 Å². The fourth-order valence-corrected chi connectivity index (χ4v) is 2.96. The van der Waals surface area contributed by atoms with Crippen LogP contribution in [0.2, 0.25) is 0 Å². The van der Waals surface area contributed by atoms with Crippen molar-refractivity contribution in [3.8, 4) is 0 Å². The van der Waals surface area contributed by atoms with E-state index in [9.17, 15) is 18.3 Å². The molecule has 0 radical (unpaired) electrons. The first-order valence-electron chi connectivity index (χ1n) is 6.80. The van der Waals surface area contributed by atoms with Gasteiger partial charge in [-0.2, -0.15) is 0 Å². The standard InChI is InChI=1S/C14H20N2O4S/c1-9(2)14(5-6-14)8-16-12-4-3-10(21(15,19)20)7-11(12)13(17)18/h3-4,7,9,16H,5-6,8H2,1-2H3,(H,17,18)(H2,15,19,20). The molecule has 0 bridgehead atoms. The van der Waals surface area contributed by atoms with Crippen LogP contribution in [-0.4, -0.2) is 26.0 Å². The van der Waals surface area contributed by atoms with Gasteiger partial charge in [0.05, 0.1) is 10.5 Å². The van der Waals surface area contributed by atoms with Crippen molar-refractivity contribution in [2.24, 2.45) is 16.5 Å². The molecule has 1 fully saturated rings. The van der Waals surface area contributed by atoms with E-state index in [1.807, 2.05) is 0 Å². The minimum atomic E-state index is -3.91. The van der Waals surface area contributed by atoms with Crippen molar-refractivity contribution < 1.29 is 18.3 Å². The van der Waals surface area contributed by atoms with E-state index in [4.69, 9.17) is 5.14 Å². The van der Waals surface area contributed by atoms with Crippen molar-refractivity contribution in [3.05, 3.63) is 23.8 Å². The molecule has 0 saturated heterocycles. The molecule has 6 nitrogen and oxygen atoms in total. The van der Waals surface area contributed by atoms with Crippen LogP contribution in [-0.2, 0) is 10.0 Å². The number of hydrogen-bond donors (Lipinski definition) is 3.